The summed E-state index contributed by atoms with van der Waals surface area (Å²) in [6, 6.07) is 5.06. The van der Waals surface area contributed by atoms with Gasteiger partial charge in [-0.15, -0.1) is 0 Å². The van der Waals surface area contributed by atoms with Crippen molar-refractivity contribution in [3.8, 4) is 0 Å². The summed E-state index contributed by atoms with van der Waals surface area (Å²) in [5.41, 5.74) is -1.52. The molecule has 0 saturated carbocycles. The molecule has 0 aromatic carbocycles. The highest BCUT2D eigenvalue weighted by molar-refractivity contribution is 7.91. The van der Waals surface area contributed by atoms with E-state index in [-0.39, 0.29) is 17.2 Å². The van der Waals surface area contributed by atoms with Crippen LogP contribution < -0.4 is 10.6 Å². The zero-order chi connectivity index (χ0) is 25.1. The van der Waals surface area contributed by atoms with Crippen LogP contribution in [0.1, 0.15) is 15.9 Å². The van der Waals surface area contributed by atoms with Gasteiger partial charge in [0.05, 0.1) is 22.3 Å². The maximum atomic E-state index is 12.6. The first-order valence-electron chi connectivity index (χ1n) is 9.06. The maximum absolute atomic E-state index is 12.6. The van der Waals surface area contributed by atoms with E-state index in [2.05, 4.69) is 25.6 Å². The first-order chi connectivity index (χ1) is 15.7. The molecule has 0 aliphatic heterocycles. The van der Waals surface area contributed by atoms with Gasteiger partial charge in [-0.05, 0) is 30.3 Å². The van der Waals surface area contributed by atoms with Crippen molar-refractivity contribution in [2.75, 3.05) is 16.4 Å². The van der Waals surface area contributed by atoms with Crippen LogP contribution in [-0.2, 0) is 16.0 Å². The second kappa shape index (κ2) is 9.24. The Morgan fingerprint density at radius 1 is 0.912 bits per heavy atom. The number of amides is 1. The van der Waals surface area contributed by atoms with Crippen LogP contribution in [0.3, 0.4) is 0 Å². The summed E-state index contributed by atoms with van der Waals surface area (Å²) < 4.78 is 100. The fourth-order valence-corrected chi connectivity index (χ4v) is 3.93. The van der Waals surface area contributed by atoms with Crippen LogP contribution in [0.5, 0.6) is 0 Å². The Kier molecular flexibility index (Phi) is 6.77. The molecule has 34 heavy (non-hydrogen) atoms. The average molecular weight is 505 g/mol. The lowest BCUT2D eigenvalue weighted by Gasteiger charge is -2.13. The first-order valence-corrected chi connectivity index (χ1v) is 10.7. The molecule has 0 aliphatic rings. The molecular weight excluding hydrogens is 492 g/mol. The van der Waals surface area contributed by atoms with Crippen molar-refractivity contribution in [2.24, 2.45) is 0 Å². The third-order valence-corrected chi connectivity index (χ3v) is 5.82. The van der Waals surface area contributed by atoms with Gasteiger partial charge in [0.25, 0.3) is 5.91 Å². The van der Waals surface area contributed by atoms with Gasteiger partial charge in [0.2, 0.25) is 0 Å². The van der Waals surface area contributed by atoms with Crippen molar-refractivity contribution in [2.45, 2.75) is 17.2 Å². The molecule has 180 valence electrons. The highest BCUT2D eigenvalue weighted by Gasteiger charge is 2.37. The number of carbonyl (C=O) groups excluding carboxylic acids is 1. The zero-order valence-corrected chi connectivity index (χ0v) is 17.5. The summed E-state index contributed by atoms with van der Waals surface area (Å²) in [7, 11) is -4.83. The van der Waals surface area contributed by atoms with Crippen molar-refractivity contribution >= 4 is 33.1 Å². The maximum Gasteiger partial charge on any atom is 0.417 e. The van der Waals surface area contributed by atoms with E-state index in [9.17, 15) is 39.6 Å². The van der Waals surface area contributed by atoms with Gasteiger partial charge in [0.1, 0.15) is 11.6 Å². The number of nitrogens with zero attached hydrogens (tertiary/aromatic N) is 3. The second-order valence-corrected chi connectivity index (χ2v) is 8.64. The molecule has 0 unspecified atom stereocenters. The molecule has 0 atom stereocenters. The number of rotatable bonds is 6. The predicted molar refractivity (Wildman–Crippen MR) is 107 cm³/mol. The van der Waals surface area contributed by atoms with E-state index in [1.165, 1.54) is 18.3 Å². The van der Waals surface area contributed by atoms with Gasteiger partial charge in [0.15, 0.2) is 15.6 Å². The summed E-state index contributed by atoms with van der Waals surface area (Å²) in [5.74, 6) is -3.03. The molecule has 2 N–H and O–H groups in total. The third-order valence-electron chi connectivity index (χ3n) is 4.09. The average Bonchev–Trinajstić information content (AvgIpc) is 2.72. The first kappa shape index (κ1) is 24.9. The molecule has 3 rings (SSSR count). The third kappa shape index (κ3) is 6.40. The predicted octanol–water partition coefficient (Wildman–Crippen LogP) is 4.22. The van der Waals surface area contributed by atoms with Gasteiger partial charge in [-0.1, -0.05) is 0 Å². The largest absolute Gasteiger partial charge is 0.417 e. The number of hydrogen-bond donors (Lipinski definition) is 2. The molecule has 0 radical (unpaired) electrons. The molecule has 15 heteroatoms. The Balaban J connectivity index is 1.79. The van der Waals surface area contributed by atoms with Gasteiger partial charge < -0.3 is 10.6 Å². The Labute approximate surface area is 188 Å². The summed E-state index contributed by atoms with van der Waals surface area (Å²) in [4.78, 5) is 23.0. The molecule has 0 fully saturated rings. The van der Waals surface area contributed by atoms with Crippen LogP contribution >= 0.6 is 0 Å². The van der Waals surface area contributed by atoms with Crippen molar-refractivity contribution in [1.82, 2.24) is 15.0 Å². The fourth-order valence-electron chi connectivity index (χ4n) is 2.64. The molecule has 0 aliphatic carbocycles. The van der Waals surface area contributed by atoms with Gasteiger partial charge >= 0.3 is 12.4 Å². The monoisotopic (exact) mass is 505 g/mol. The quantitative estimate of drug-likeness (QED) is 0.482. The number of halogens is 6. The smallest absolute Gasteiger partial charge is 0.325 e. The van der Waals surface area contributed by atoms with Crippen molar-refractivity contribution in [3.63, 3.8) is 0 Å². The van der Waals surface area contributed by atoms with Gasteiger partial charge in [-0.25, -0.2) is 18.4 Å². The van der Waals surface area contributed by atoms with Crippen LogP contribution in [-0.4, -0.2) is 41.2 Å². The lowest BCUT2D eigenvalue weighted by atomic mass is 10.2. The summed E-state index contributed by atoms with van der Waals surface area (Å²) in [6.45, 7) is 0. The Morgan fingerprint density at radius 2 is 1.65 bits per heavy atom. The molecule has 1 amide bonds. The number of nitrogens with one attached hydrogen (secondary N) is 2. The number of alkyl halides is 6. The molecular formula is C19H13F6N5O3S. The van der Waals surface area contributed by atoms with E-state index in [1.807, 2.05) is 0 Å². The number of anilines is 3. The van der Waals surface area contributed by atoms with Gasteiger partial charge in [-0.2, -0.15) is 26.3 Å². The summed E-state index contributed by atoms with van der Waals surface area (Å²) in [6.07, 6.45) is -5.95. The van der Waals surface area contributed by atoms with Crippen LogP contribution in [0.2, 0.25) is 0 Å². The number of carbonyl (C=O) groups is 1. The van der Waals surface area contributed by atoms with Gasteiger partial charge in [-0.3, -0.25) is 9.78 Å². The lowest BCUT2D eigenvalue weighted by molar-refractivity contribution is -0.137. The number of hydrogen-bond acceptors (Lipinski definition) is 7. The van der Waals surface area contributed by atoms with E-state index in [0.717, 1.165) is 30.6 Å². The summed E-state index contributed by atoms with van der Waals surface area (Å²) >= 11 is 0. The SMILES string of the molecule is O=C(Nc1cnccc1S(=O)(=O)CC(F)(F)F)c1ccnc(Nc2ccc(C(F)(F)F)cn2)c1. The second-order valence-electron chi connectivity index (χ2n) is 6.68. The summed E-state index contributed by atoms with van der Waals surface area (Å²) in [5, 5.41) is 4.79. The molecule has 0 bridgehead atoms. The Bertz CT molecular complexity index is 1290. The molecule has 3 aromatic heterocycles. The highest BCUT2D eigenvalue weighted by atomic mass is 32.2. The lowest BCUT2D eigenvalue weighted by Crippen LogP contribution is -2.24. The van der Waals surface area contributed by atoms with Crippen molar-refractivity contribution < 1.29 is 39.6 Å². The molecule has 3 heterocycles. The highest BCUT2D eigenvalue weighted by Crippen LogP contribution is 2.30. The van der Waals surface area contributed by atoms with E-state index >= 15 is 0 Å². The van der Waals surface area contributed by atoms with E-state index < -0.39 is 50.0 Å². The van der Waals surface area contributed by atoms with Crippen LogP contribution in [0, 0.1) is 0 Å². The normalized spacial score (nSPS) is 12.3. The van der Waals surface area contributed by atoms with Crippen molar-refractivity contribution in [1.29, 1.82) is 0 Å². The topological polar surface area (TPSA) is 114 Å². The molecule has 0 saturated heterocycles. The van der Waals surface area contributed by atoms with Crippen LogP contribution in [0.4, 0.5) is 43.7 Å². The van der Waals surface area contributed by atoms with E-state index in [1.54, 1.807) is 0 Å². The number of pyridine rings is 3. The fraction of sp³-hybridized carbons (Fsp3) is 0.158. The van der Waals surface area contributed by atoms with Crippen LogP contribution in [0.15, 0.2) is 60.0 Å². The van der Waals surface area contributed by atoms with Crippen LogP contribution in [0.25, 0.3) is 0 Å². The minimum absolute atomic E-state index is 0.00847. The number of aromatic nitrogens is 3. The Hall–Kier alpha value is -3.75. The minimum Gasteiger partial charge on any atom is -0.325 e. The van der Waals surface area contributed by atoms with E-state index in [4.69, 9.17) is 0 Å². The molecule has 3 aromatic rings. The van der Waals surface area contributed by atoms with Gasteiger partial charge in [0, 0.05) is 24.2 Å². The van der Waals surface area contributed by atoms with Crippen molar-refractivity contribution in [3.05, 3.63) is 66.2 Å². The Morgan fingerprint density at radius 3 is 2.26 bits per heavy atom. The zero-order valence-electron chi connectivity index (χ0n) is 16.6. The molecule has 8 nitrogen and oxygen atoms in total. The number of sulfone groups is 1. The molecule has 0 spiro atoms. The minimum atomic E-state index is -5.00. The van der Waals surface area contributed by atoms with E-state index in [0.29, 0.717) is 6.20 Å². The standard InChI is InChI=1S/C19H13F6N5O3S/c20-18(21,22)10-34(32,33)14-4-5-26-9-13(14)29-17(31)11-3-6-27-16(7-11)30-15-2-1-12(8-28-15)19(23,24)25/h1-9H,10H2,(H,29,31)(H,27,28,30).